The molecule has 0 saturated heterocycles. The number of methoxy groups -OCH3 is 1. The molecule has 0 saturated carbocycles. The topological polar surface area (TPSA) is 86.0 Å². The molecule has 0 N–H and O–H groups in total. The zero-order chi connectivity index (χ0) is 26.8. The second-order valence-electron chi connectivity index (χ2n) is 9.36. The molecule has 6 rings (SSSR count). The number of hydrogen-bond acceptors (Lipinski definition) is 6. The van der Waals surface area contributed by atoms with Crippen LogP contribution in [0.3, 0.4) is 0 Å². The molecule has 4 aromatic carbocycles. The Morgan fingerprint density at radius 2 is 1.69 bits per heavy atom. The van der Waals surface area contributed by atoms with Gasteiger partial charge in [-0.1, -0.05) is 60.7 Å². The molecule has 1 aliphatic rings. The van der Waals surface area contributed by atoms with E-state index in [2.05, 4.69) is 29.2 Å². The smallest absolute Gasteiger partial charge is 0.326 e. The van der Waals surface area contributed by atoms with Crippen molar-refractivity contribution in [2.45, 2.75) is 19.0 Å². The fourth-order valence-corrected chi connectivity index (χ4v) is 4.90. The number of ether oxygens (including phenoxy) is 2. The summed E-state index contributed by atoms with van der Waals surface area (Å²) in [6.07, 6.45) is 2.12. The van der Waals surface area contributed by atoms with Gasteiger partial charge in [-0.05, 0) is 52.2 Å². The minimum absolute atomic E-state index is 0.0404. The number of imidazole rings is 1. The first-order valence-corrected chi connectivity index (χ1v) is 12.7. The summed E-state index contributed by atoms with van der Waals surface area (Å²) in [6, 6.07) is 29.1. The van der Waals surface area contributed by atoms with Crippen molar-refractivity contribution < 1.29 is 19.1 Å². The Morgan fingerprint density at radius 3 is 2.51 bits per heavy atom. The number of rotatable bonds is 7. The minimum Gasteiger partial charge on any atom is -0.497 e. The zero-order valence-corrected chi connectivity index (χ0v) is 21.4. The van der Waals surface area contributed by atoms with Gasteiger partial charge in [-0.2, -0.15) is 5.10 Å². The largest absolute Gasteiger partial charge is 0.497 e. The fourth-order valence-electron chi connectivity index (χ4n) is 4.90. The Hall–Kier alpha value is -4.98. The Morgan fingerprint density at radius 1 is 0.923 bits per heavy atom. The number of aromatic nitrogens is 2. The SMILES string of the molecule is COc1ccc(C2CC(c3ccc4ccccc4c3)=NN2C(=O)COC(=O)Cn2cnc3ccccc32)cc1. The molecular weight excluding hydrogens is 492 g/mol. The van der Waals surface area contributed by atoms with Crippen LogP contribution in [0.5, 0.6) is 5.75 Å². The molecule has 2 heterocycles. The van der Waals surface area contributed by atoms with E-state index in [1.807, 2.05) is 66.7 Å². The van der Waals surface area contributed by atoms with Crippen molar-refractivity contribution in [1.29, 1.82) is 0 Å². The lowest BCUT2D eigenvalue weighted by molar-refractivity contribution is -0.153. The van der Waals surface area contributed by atoms with Gasteiger partial charge in [0.15, 0.2) is 6.61 Å². The number of carbonyl (C=O) groups excluding carboxylic acids is 2. The van der Waals surface area contributed by atoms with E-state index >= 15 is 0 Å². The molecule has 8 nitrogen and oxygen atoms in total. The summed E-state index contributed by atoms with van der Waals surface area (Å²) in [7, 11) is 1.61. The van der Waals surface area contributed by atoms with Crippen molar-refractivity contribution in [2.24, 2.45) is 5.10 Å². The highest BCUT2D eigenvalue weighted by molar-refractivity contribution is 6.05. The van der Waals surface area contributed by atoms with E-state index in [-0.39, 0.29) is 12.6 Å². The van der Waals surface area contributed by atoms with Gasteiger partial charge in [-0.25, -0.2) is 9.99 Å². The third-order valence-corrected chi connectivity index (χ3v) is 6.93. The van der Waals surface area contributed by atoms with Crippen LogP contribution in [0.15, 0.2) is 102 Å². The summed E-state index contributed by atoms with van der Waals surface area (Å²) >= 11 is 0. The number of benzene rings is 4. The van der Waals surface area contributed by atoms with Crippen LogP contribution in [-0.4, -0.2) is 45.9 Å². The summed E-state index contributed by atoms with van der Waals surface area (Å²) in [5.41, 5.74) is 4.28. The highest BCUT2D eigenvalue weighted by Gasteiger charge is 2.33. The van der Waals surface area contributed by atoms with Gasteiger partial charge in [0.1, 0.15) is 12.3 Å². The summed E-state index contributed by atoms with van der Waals surface area (Å²) in [4.78, 5) is 30.3. The molecule has 1 unspecified atom stereocenters. The average molecular weight is 519 g/mol. The maximum atomic E-state index is 13.4. The molecule has 1 aliphatic heterocycles. The van der Waals surface area contributed by atoms with E-state index in [0.29, 0.717) is 6.42 Å². The molecule has 194 valence electrons. The number of hydrogen-bond donors (Lipinski definition) is 0. The van der Waals surface area contributed by atoms with Crippen LogP contribution in [0, 0.1) is 0 Å². The van der Waals surface area contributed by atoms with Crippen molar-refractivity contribution in [3.05, 3.63) is 108 Å². The summed E-state index contributed by atoms with van der Waals surface area (Å²) in [5.74, 6) is -0.188. The van der Waals surface area contributed by atoms with E-state index < -0.39 is 18.5 Å². The van der Waals surface area contributed by atoms with Crippen LogP contribution in [-0.2, 0) is 20.9 Å². The maximum absolute atomic E-state index is 13.4. The van der Waals surface area contributed by atoms with Gasteiger partial charge in [-0.15, -0.1) is 0 Å². The van der Waals surface area contributed by atoms with E-state index in [4.69, 9.17) is 14.6 Å². The molecule has 0 spiro atoms. The second kappa shape index (κ2) is 10.4. The standard InChI is InChI=1S/C31H26N4O4/c1-38-25-14-12-22(13-15-25)29-17-27(24-11-10-21-6-2-3-7-23(21)16-24)33-35(29)30(36)19-39-31(37)18-34-20-32-26-8-4-5-9-28(26)34/h2-16,20,29H,17-19H2,1H3. The van der Waals surface area contributed by atoms with Crippen LogP contribution >= 0.6 is 0 Å². The highest BCUT2D eigenvalue weighted by atomic mass is 16.5. The van der Waals surface area contributed by atoms with Gasteiger partial charge in [0.25, 0.3) is 5.91 Å². The van der Waals surface area contributed by atoms with E-state index in [0.717, 1.165) is 44.4 Å². The third-order valence-electron chi connectivity index (χ3n) is 6.93. The molecule has 5 aromatic rings. The average Bonchev–Trinajstić information content (AvgIpc) is 3.61. The number of esters is 1. The van der Waals surface area contributed by atoms with E-state index in [9.17, 15) is 9.59 Å². The summed E-state index contributed by atoms with van der Waals surface area (Å²) in [5, 5.41) is 8.40. The number of nitrogens with zero attached hydrogens (tertiary/aromatic N) is 4. The van der Waals surface area contributed by atoms with Crippen molar-refractivity contribution in [3.8, 4) is 5.75 Å². The van der Waals surface area contributed by atoms with Gasteiger partial charge in [-0.3, -0.25) is 9.59 Å². The van der Waals surface area contributed by atoms with Gasteiger partial charge in [0.05, 0.1) is 36.2 Å². The van der Waals surface area contributed by atoms with Gasteiger partial charge < -0.3 is 14.0 Å². The Balaban J connectivity index is 1.22. The monoisotopic (exact) mass is 518 g/mol. The molecule has 0 bridgehead atoms. The predicted octanol–water partition coefficient (Wildman–Crippen LogP) is 5.12. The summed E-state index contributed by atoms with van der Waals surface area (Å²) < 4.78 is 12.4. The third kappa shape index (κ3) is 4.96. The first kappa shape index (κ1) is 24.4. The molecular formula is C31H26N4O4. The molecule has 1 amide bonds. The van der Waals surface area contributed by atoms with Crippen LogP contribution in [0.2, 0.25) is 0 Å². The van der Waals surface area contributed by atoms with E-state index in [1.54, 1.807) is 18.0 Å². The Kier molecular flexibility index (Phi) is 6.50. The molecule has 8 heteroatoms. The van der Waals surface area contributed by atoms with Crippen molar-refractivity contribution in [1.82, 2.24) is 14.6 Å². The van der Waals surface area contributed by atoms with Crippen molar-refractivity contribution in [3.63, 3.8) is 0 Å². The Labute approximate surface area is 225 Å². The van der Waals surface area contributed by atoms with Crippen molar-refractivity contribution in [2.75, 3.05) is 13.7 Å². The zero-order valence-electron chi connectivity index (χ0n) is 21.4. The van der Waals surface area contributed by atoms with Gasteiger partial charge in [0, 0.05) is 6.42 Å². The first-order valence-electron chi connectivity index (χ1n) is 12.7. The molecule has 0 aliphatic carbocycles. The minimum atomic E-state index is -0.523. The summed E-state index contributed by atoms with van der Waals surface area (Å²) in [6.45, 7) is -0.450. The lowest BCUT2D eigenvalue weighted by Gasteiger charge is -2.22. The highest BCUT2D eigenvalue weighted by Crippen LogP contribution is 2.34. The lowest BCUT2D eigenvalue weighted by Crippen LogP contribution is -2.31. The van der Waals surface area contributed by atoms with Crippen LogP contribution in [0.4, 0.5) is 0 Å². The molecule has 1 atom stereocenters. The quantitative estimate of drug-likeness (QED) is 0.279. The Bertz CT molecular complexity index is 1710. The number of para-hydroxylation sites is 2. The number of carbonyl (C=O) groups is 2. The second-order valence-corrected chi connectivity index (χ2v) is 9.36. The van der Waals surface area contributed by atoms with Crippen LogP contribution in [0.25, 0.3) is 21.8 Å². The van der Waals surface area contributed by atoms with Crippen LogP contribution in [0.1, 0.15) is 23.6 Å². The molecule has 39 heavy (non-hydrogen) atoms. The van der Waals surface area contributed by atoms with E-state index in [1.165, 1.54) is 5.01 Å². The van der Waals surface area contributed by atoms with Crippen molar-refractivity contribution >= 4 is 39.4 Å². The molecule has 0 fully saturated rings. The lowest BCUT2D eigenvalue weighted by atomic mass is 9.97. The molecule has 1 aromatic heterocycles. The number of fused-ring (bicyclic) bond motifs is 2. The fraction of sp³-hybridized carbons (Fsp3) is 0.161. The van der Waals surface area contributed by atoms with Gasteiger partial charge in [0.2, 0.25) is 0 Å². The predicted molar refractivity (Wildman–Crippen MR) is 148 cm³/mol. The number of amides is 1. The van der Waals surface area contributed by atoms with Gasteiger partial charge >= 0.3 is 5.97 Å². The maximum Gasteiger partial charge on any atom is 0.326 e. The number of hydrazone groups is 1. The normalized spacial score (nSPS) is 14.9. The molecule has 0 radical (unpaired) electrons. The first-order chi connectivity index (χ1) is 19.1. The van der Waals surface area contributed by atoms with Crippen LogP contribution < -0.4 is 4.74 Å².